The van der Waals surface area contributed by atoms with E-state index in [9.17, 15) is 4.79 Å². The predicted octanol–water partition coefficient (Wildman–Crippen LogP) is 5.02. The number of halogens is 1. The Morgan fingerprint density at radius 3 is 2.76 bits per heavy atom. The summed E-state index contributed by atoms with van der Waals surface area (Å²) in [6.07, 6.45) is 2.20. The second kappa shape index (κ2) is 8.26. The van der Waals surface area contributed by atoms with Crippen LogP contribution in [0, 0.1) is 0 Å². The Labute approximate surface area is 180 Å². The lowest BCUT2D eigenvalue weighted by molar-refractivity contribution is -0.115. The summed E-state index contributed by atoms with van der Waals surface area (Å²) in [6, 6.07) is 13.2. The molecule has 0 aliphatic rings. The van der Waals surface area contributed by atoms with Gasteiger partial charge in [0.2, 0.25) is 5.91 Å². The third-order valence-corrected chi connectivity index (χ3v) is 5.79. The van der Waals surface area contributed by atoms with Crippen LogP contribution in [0.3, 0.4) is 0 Å². The molecule has 0 fully saturated rings. The predicted molar refractivity (Wildman–Crippen MR) is 118 cm³/mol. The first kappa shape index (κ1) is 19.5. The van der Waals surface area contributed by atoms with Crippen LogP contribution in [-0.4, -0.2) is 29.5 Å². The van der Waals surface area contributed by atoms with E-state index >= 15 is 0 Å². The standard InChI is InChI=1S/C21H18BrN3O3S/c1-27-18-7-6-13(8-19(18)28-2)17-11-25-16(12-29-21(25)24-17)10-20(26)23-15-5-3-4-14(22)9-15/h3-9,11-12H,10H2,1-2H3,(H,23,26). The average Bonchev–Trinajstić information content (AvgIpc) is 3.29. The highest BCUT2D eigenvalue weighted by Crippen LogP contribution is 2.32. The molecule has 0 saturated carbocycles. The molecule has 0 saturated heterocycles. The molecular weight excluding hydrogens is 454 g/mol. The Bertz CT molecular complexity index is 1190. The third kappa shape index (κ3) is 4.13. The zero-order valence-corrected chi connectivity index (χ0v) is 18.2. The number of thiazole rings is 1. The molecule has 4 rings (SSSR count). The molecule has 0 unspecified atom stereocenters. The number of ether oxygens (including phenoxy) is 2. The number of anilines is 1. The number of carbonyl (C=O) groups is 1. The highest BCUT2D eigenvalue weighted by atomic mass is 79.9. The van der Waals surface area contributed by atoms with Crippen molar-refractivity contribution in [2.75, 3.05) is 19.5 Å². The van der Waals surface area contributed by atoms with Crippen molar-refractivity contribution < 1.29 is 14.3 Å². The van der Waals surface area contributed by atoms with Gasteiger partial charge >= 0.3 is 0 Å². The fraction of sp³-hybridized carbons (Fsp3) is 0.143. The summed E-state index contributed by atoms with van der Waals surface area (Å²) in [6.45, 7) is 0. The number of hydrogen-bond donors (Lipinski definition) is 1. The van der Waals surface area contributed by atoms with Gasteiger partial charge in [0, 0.05) is 33.0 Å². The Hall–Kier alpha value is -2.84. The first-order valence-electron chi connectivity index (χ1n) is 8.80. The number of benzene rings is 2. The van der Waals surface area contributed by atoms with Crippen LogP contribution >= 0.6 is 27.3 Å². The molecule has 1 amide bonds. The maximum atomic E-state index is 12.5. The van der Waals surface area contributed by atoms with E-state index in [0.717, 1.165) is 32.1 Å². The minimum absolute atomic E-state index is 0.0795. The van der Waals surface area contributed by atoms with Gasteiger partial charge in [0.1, 0.15) is 0 Å². The number of aromatic nitrogens is 2. The highest BCUT2D eigenvalue weighted by Gasteiger charge is 2.14. The number of fused-ring (bicyclic) bond motifs is 1. The minimum atomic E-state index is -0.0795. The minimum Gasteiger partial charge on any atom is -0.493 e. The van der Waals surface area contributed by atoms with Crippen molar-refractivity contribution in [3.8, 4) is 22.8 Å². The zero-order valence-electron chi connectivity index (χ0n) is 15.8. The van der Waals surface area contributed by atoms with E-state index in [2.05, 4.69) is 26.2 Å². The van der Waals surface area contributed by atoms with Crippen molar-refractivity contribution in [2.45, 2.75) is 6.42 Å². The first-order chi connectivity index (χ1) is 14.1. The number of amides is 1. The molecule has 0 bridgehead atoms. The fourth-order valence-electron chi connectivity index (χ4n) is 3.03. The molecular formula is C21H18BrN3O3S. The Kier molecular flexibility index (Phi) is 5.55. The third-order valence-electron chi connectivity index (χ3n) is 4.41. The number of hydrogen-bond acceptors (Lipinski definition) is 5. The molecule has 2 heterocycles. The van der Waals surface area contributed by atoms with Crippen molar-refractivity contribution in [1.82, 2.24) is 9.38 Å². The number of nitrogens with one attached hydrogen (secondary N) is 1. The maximum Gasteiger partial charge on any atom is 0.230 e. The van der Waals surface area contributed by atoms with Gasteiger partial charge in [-0.2, -0.15) is 0 Å². The molecule has 2 aromatic heterocycles. The van der Waals surface area contributed by atoms with Crippen LogP contribution in [0.5, 0.6) is 11.5 Å². The van der Waals surface area contributed by atoms with Gasteiger partial charge in [0.25, 0.3) is 0 Å². The Morgan fingerprint density at radius 1 is 1.17 bits per heavy atom. The molecule has 0 aliphatic heterocycles. The molecule has 2 aromatic carbocycles. The lowest BCUT2D eigenvalue weighted by atomic mass is 10.1. The van der Waals surface area contributed by atoms with Gasteiger partial charge < -0.3 is 14.8 Å². The van der Waals surface area contributed by atoms with Gasteiger partial charge in [-0.25, -0.2) is 4.98 Å². The van der Waals surface area contributed by atoms with Crippen LogP contribution in [0.15, 0.2) is 58.5 Å². The van der Waals surface area contributed by atoms with Crippen molar-refractivity contribution in [1.29, 1.82) is 0 Å². The van der Waals surface area contributed by atoms with E-state index in [1.54, 1.807) is 14.2 Å². The van der Waals surface area contributed by atoms with E-state index in [-0.39, 0.29) is 12.3 Å². The fourth-order valence-corrected chi connectivity index (χ4v) is 4.30. The summed E-state index contributed by atoms with van der Waals surface area (Å²) in [7, 11) is 3.21. The van der Waals surface area contributed by atoms with Gasteiger partial charge in [-0.15, -0.1) is 11.3 Å². The largest absolute Gasteiger partial charge is 0.493 e. The van der Waals surface area contributed by atoms with Gasteiger partial charge in [-0.3, -0.25) is 9.20 Å². The van der Waals surface area contributed by atoms with Crippen molar-refractivity contribution in [2.24, 2.45) is 0 Å². The Morgan fingerprint density at radius 2 is 2.00 bits per heavy atom. The normalized spacial score (nSPS) is 10.9. The quantitative estimate of drug-likeness (QED) is 0.428. The summed E-state index contributed by atoms with van der Waals surface area (Å²) < 4.78 is 13.6. The van der Waals surface area contributed by atoms with Crippen molar-refractivity contribution >= 4 is 43.8 Å². The topological polar surface area (TPSA) is 64.9 Å². The highest BCUT2D eigenvalue weighted by molar-refractivity contribution is 9.10. The summed E-state index contributed by atoms with van der Waals surface area (Å²) >= 11 is 4.92. The molecule has 4 aromatic rings. The van der Waals surface area contributed by atoms with Crippen LogP contribution < -0.4 is 14.8 Å². The molecule has 0 spiro atoms. The van der Waals surface area contributed by atoms with E-state index in [0.29, 0.717) is 11.5 Å². The second-order valence-electron chi connectivity index (χ2n) is 6.31. The molecule has 8 heteroatoms. The second-order valence-corrected chi connectivity index (χ2v) is 8.06. The molecule has 0 atom stereocenters. The maximum absolute atomic E-state index is 12.5. The smallest absolute Gasteiger partial charge is 0.230 e. The van der Waals surface area contributed by atoms with Gasteiger partial charge in [0.05, 0.1) is 26.3 Å². The molecule has 6 nitrogen and oxygen atoms in total. The van der Waals surface area contributed by atoms with Crippen LogP contribution in [0.1, 0.15) is 5.69 Å². The number of nitrogens with zero attached hydrogens (tertiary/aromatic N) is 2. The number of imidazole rings is 1. The van der Waals surface area contributed by atoms with Gasteiger partial charge in [-0.05, 0) is 36.4 Å². The van der Waals surface area contributed by atoms with E-state index in [1.165, 1.54) is 11.3 Å². The Balaban J connectivity index is 1.57. The van der Waals surface area contributed by atoms with Gasteiger partial charge in [0.15, 0.2) is 16.5 Å². The van der Waals surface area contributed by atoms with Crippen LogP contribution in [0.4, 0.5) is 5.69 Å². The monoisotopic (exact) mass is 471 g/mol. The van der Waals surface area contributed by atoms with Crippen molar-refractivity contribution in [3.63, 3.8) is 0 Å². The number of methoxy groups -OCH3 is 2. The number of carbonyl (C=O) groups excluding carboxylic acids is 1. The van der Waals surface area contributed by atoms with Crippen LogP contribution in [0.25, 0.3) is 16.2 Å². The lowest BCUT2D eigenvalue weighted by Gasteiger charge is -2.08. The molecule has 148 valence electrons. The molecule has 0 aliphatic carbocycles. The van der Waals surface area contributed by atoms with E-state index in [1.807, 2.05) is 58.4 Å². The lowest BCUT2D eigenvalue weighted by Crippen LogP contribution is -2.15. The molecule has 29 heavy (non-hydrogen) atoms. The van der Waals surface area contributed by atoms with E-state index in [4.69, 9.17) is 9.47 Å². The summed E-state index contributed by atoms with van der Waals surface area (Å²) in [5.41, 5.74) is 3.37. The van der Waals surface area contributed by atoms with E-state index < -0.39 is 0 Å². The molecule has 0 radical (unpaired) electrons. The van der Waals surface area contributed by atoms with Crippen LogP contribution in [0.2, 0.25) is 0 Å². The summed E-state index contributed by atoms with van der Waals surface area (Å²) in [5, 5.41) is 4.88. The summed E-state index contributed by atoms with van der Waals surface area (Å²) in [5.74, 6) is 1.24. The zero-order chi connectivity index (χ0) is 20.4. The average molecular weight is 472 g/mol. The summed E-state index contributed by atoms with van der Waals surface area (Å²) in [4.78, 5) is 18.0. The van der Waals surface area contributed by atoms with Crippen molar-refractivity contribution in [3.05, 3.63) is 64.2 Å². The number of rotatable bonds is 6. The molecule has 1 N–H and O–H groups in total. The SMILES string of the molecule is COc1ccc(-c2cn3c(CC(=O)Nc4cccc(Br)c4)csc3n2)cc1OC. The van der Waals surface area contributed by atoms with Crippen LogP contribution in [-0.2, 0) is 11.2 Å². The van der Waals surface area contributed by atoms with Gasteiger partial charge in [-0.1, -0.05) is 22.0 Å². The first-order valence-corrected chi connectivity index (χ1v) is 10.5.